The Morgan fingerprint density at radius 2 is 2.05 bits per heavy atom. The van der Waals surface area contributed by atoms with Crippen LogP contribution in [0.3, 0.4) is 0 Å². The van der Waals surface area contributed by atoms with E-state index in [9.17, 15) is 0 Å². The minimum Gasteiger partial charge on any atom is -0.368 e. The van der Waals surface area contributed by atoms with E-state index in [-0.39, 0.29) is 0 Å². The third kappa shape index (κ3) is 3.56. The van der Waals surface area contributed by atoms with Gasteiger partial charge in [0.1, 0.15) is 0 Å². The first-order valence-corrected chi connectivity index (χ1v) is 8.58. The summed E-state index contributed by atoms with van der Waals surface area (Å²) in [6, 6.07) is 7.32. The van der Waals surface area contributed by atoms with Gasteiger partial charge in [0, 0.05) is 29.3 Å². The standard InChI is InChI=1S/C17H27BrN2/c1-5-19-10-15-9-16(18)6-7-17(15)20-11-12(2)8-13(3)14(20)4/h6-7,9,12-14,19H,5,8,10-11H2,1-4H3. The predicted molar refractivity (Wildman–Crippen MR) is 91.3 cm³/mol. The summed E-state index contributed by atoms with van der Waals surface area (Å²) in [5, 5.41) is 3.46. The highest BCUT2D eigenvalue weighted by atomic mass is 79.9. The van der Waals surface area contributed by atoms with E-state index in [2.05, 4.69) is 72.0 Å². The molecule has 0 amide bonds. The number of nitrogens with one attached hydrogen (secondary N) is 1. The van der Waals surface area contributed by atoms with E-state index in [4.69, 9.17) is 0 Å². The van der Waals surface area contributed by atoms with Crippen molar-refractivity contribution in [3.63, 3.8) is 0 Å². The van der Waals surface area contributed by atoms with Crippen molar-refractivity contribution >= 4 is 21.6 Å². The summed E-state index contributed by atoms with van der Waals surface area (Å²) < 4.78 is 1.17. The lowest BCUT2D eigenvalue weighted by Crippen LogP contribution is -2.46. The van der Waals surface area contributed by atoms with Gasteiger partial charge in [0.05, 0.1) is 0 Å². The quantitative estimate of drug-likeness (QED) is 0.873. The van der Waals surface area contributed by atoms with Gasteiger partial charge in [-0.15, -0.1) is 0 Å². The molecule has 0 radical (unpaired) electrons. The molecule has 3 unspecified atom stereocenters. The Hall–Kier alpha value is -0.540. The second-order valence-corrected chi connectivity index (χ2v) is 7.18. The van der Waals surface area contributed by atoms with Crippen LogP contribution in [0.15, 0.2) is 22.7 Å². The molecule has 1 heterocycles. The summed E-state index contributed by atoms with van der Waals surface area (Å²) in [6.45, 7) is 12.4. The van der Waals surface area contributed by atoms with Gasteiger partial charge >= 0.3 is 0 Å². The zero-order valence-electron chi connectivity index (χ0n) is 13.1. The Labute approximate surface area is 132 Å². The van der Waals surface area contributed by atoms with Gasteiger partial charge in [-0.1, -0.05) is 36.7 Å². The number of halogens is 1. The number of hydrogen-bond acceptors (Lipinski definition) is 2. The van der Waals surface area contributed by atoms with Crippen LogP contribution in [0.2, 0.25) is 0 Å². The highest BCUT2D eigenvalue weighted by Gasteiger charge is 2.29. The van der Waals surface area contributed by atoms with E-state index < -0.39 is 0 Å². The zero-order chi connectivity index (χ0) is 14.7. The van der Waals surface area contributed by atoms with E-state index in [0.29, 0.717) is 6.04 Å². The SMILES string of the molecule is CCNCc1cc(Br)ccc1N1CC(C)CC(C)C1C. The minimum atomic E-state index is 0.618. The molecule has 112 valence electrons. The van der Waals surface area contributed by atoms with E-state index >= 15 is 0 Å². The molecule has 1 aliphatic rings. The topological polar surface area (TPSA) is 15.3 Å². The van der Waals surface area contributed by atoms with Crippen molar-refractivity contribution in [1.29, 1.82) is 0 Å². The molecule has 1 N–H and O–H groups in total. The average Bonchev–Trinajstić information content (AvgIpc) is 2.41. The number of nitrogens with zero attached hydrogens (tertiary/aromatic N) is 1. The summed E-state index contributed by atoms with van der Waals surface area (Å²) in [5.74, 6) is 1.53. The fourth-order valence-electron chi connectivity index (χ4n) is 3.27. The van der Waals surface area contributed by atoms with Crippen LogP contribution in [0.25, 0.3) is 0 Å². The molecule has 2 nitrogen and oxygen atoms in total. The van der Waals surface area contributed by atoms with Crippen LogP contribution in [-0.4, -0.2) is 19.1 Å². The Morgan fingerprint density at radius 1 is 1.30 bits per heavy atom. The maximum absolute atomic E-state index is 3.60. The lowest BCUT2D eigenvalue weighted by Gasteiger charge is -2.43. The largest absolute Gasteiger partial charge is 0.368 e. The van der Waals surface area contributed by atoms with Crippen LogP contribution in [0.1, 0.15) is 39.7 Å². The van der Waals surface area contributed by atoms with E-state index in [1.165, 1.54) is 28.7 Å². The van der Waals surface area contributed by atoms with Crippen LogP contribution in [-0.2, 0) is 6.54 Å². The summed E-state index contributed by atoms with van der Waals surface area (Å²) in [7, 11) is 0. The highest BCUT2D eigenvalue weighted by Crippen LogP contribution is 2.34. The molecule has 0 aliphatic carbocycles. The zero-order valence-corrected chi connectivity index (χ0v) is 14.7. The third-order valence-corrected chi connectivity index (χ3v) is 5.01. The fourth-order valence-corrected chi connectivity index (χ4v) is 3.68. The van der Waals surface area contributed by atoms with Crippen molar-refractivity contribution < 1.29 is 0 Å². The molecule has 0 aromatic heterocycles. The monoisotopic (exact) mass is 338 g/mol. The molecule has 0 spiro atoms. The molecular weight excluding hydrogens is 312 g/mol. The second kappa shape index (κ2) is 6.95. The van der Waals surface area contributed by atoms with Crippen LogP contribution >= 0.6 is 15.9 Å². The molecule has 0 saturated carbocycles. The number of hydrogen-bond donors (Lipinski definition) is 1. The Morgan fingerprint density at radius 3 is 2.75 bits per heavy atom. The predicted octanol–water partition coefficient (Wildman–Crippen LogP) is 4.43. The Bertz CT molecular complexity index is 447. The molecule has 3 atom stereocenters. The highest BCUT2D eigenvalue weighted by molar-refractivity contribution is 9.10. The van der Waals surface area contributed by atoms with Crippen LogP contribution < -0.4 is 10.2 Å². The molecule has 1 aliphatic heterocycles. The van der Waals surface area contributed by atoms with Gasteiger partial charge in [0.2, 0.25) is 0 Å². The molecule has 20 heavy (non-hydrogen) atoms. The molecular formula is C17H27BrN2. The first-order valence-electron chi connectivity index (χ1n) is 7.78. The van der Waals surface area contributed by atoms with Crippen molar-refractivity contribution in [1.82, 2.24) is 5.32 Å². The average molecular weight is 339 g/mol. The molecule has 3 heteroatoms. The summed E-state index contributed by atoms with van der Waals surface area (Å²) in [6.07, 6.45) is 1.34. The van der Waals surface area contributed by atoms with Gasteiger partial charge in [0.25, 0.3) is 0 Å². The maximum Gasteiger partial charge on any atom is 0.0415 e. The van der Waals surface area contributed by atoms with Crippen LogP contribution in [0.4, 0.5) is 5.69 Å². The second-order valence-electron chi connectivity index (χ2n) is 6.26. The van der Waals surface area contributed by atoms with Gasteiger partial charge in [-0.25, -0.2) is 0 Å². The minimum absolute atomic E-state index is 0.618. The maximum atomic E-state index is 3.60. The van der Waals surface area contributed by atoms with E-state index in [0.717, 1.165) is 24.9 Å². The van der Waals surface area contributed by atoms with Gasteiger partial charge in [-0.05, 0) is 55.5 Å². The smallest absolute Gasteiger partial charge is 0.0415 e. The van der Waals surface area contributed by atoms with Crippen LogP contribution in [0.5, 0.6) is 0 Å². The third-order valence-electron chi connectivity index (χ3n) is 4.51. The summed E-state index contributed by atoms with van der Waals surface area (Å²) >= 11 is 3.60. The van der Waals surface area contributed by atoms with Gasteiger partial charge in [-0.2, -0.15) is 0 Å². The molecule has 1 aromatic carbocycles. The van der Waals surface area contributed by atoms with Gasteiger partial charge < -0.3 is 10.2 Å². The van der Waals surface area contributed by atoms with Crippen molar-refractivity contribution in [2.45, 2.75) is 46.7 Å². The normalized spacial score (nSPS) is 26.9. The first kappa shape index (κ1) is 15.8. The van der Waals surface area contributed by atoms with Crippen molar-refractivity contribution in [3.05, 3.63) is 28.2 Å². The molecule has 1 saturated heterocycles. The van der Waals surface area contributed by atoms with Crippen LogP contribution in [0, 0.1) is 11.8 Å². The Balaban J connectivity index is 2.30. The molecule has 1 fully saturated rings. The fraction of sp³-hybridized carbons (Fsp3) is 0.647. The number of benzene rings is 1. The lowest BCUT2D eigenvalue weighted by molar-refractivity contribution is 0.296. The van der Waals surface area contributed by atoms with Gasteiger partial charge in [0.15, 0.2) is 0 Å². The first-order chi connectivity index (χ1) is 9.52. The summed E-state index contributed by atoms with van der Waals surface area (Å²) in [4.78, 5) is 2.61. The number of piperidine rings is 1. The van der Waals surface area contributed by atoms with Crippen molar-refractivity contribution in [2.75, 3.05) is 18.0 Å². The number of anilines is 1. The molecule has 0 bridgehead atoms. The lowest BCUT2D eigenvalue weighted by atomic mass is 9.85. The van der Waals surface area contributed by atoms with Crippen molar-refractivity contribution in [2.24, 2.45) is 11.8 Å². The van der Waals surface area contributed by atoms with E-state index in [1.807, 2.05) is 0 Å². The Kier molecular flexibility index (Phi) is 5.50. The van der Waals surface area contributed by atoms with Gasteiger partial charge in [-0.3, -0.25) is 0 Å². The van der Waals surface area contributed by atoms with Crippen molar-refractivity contribution in [3.8, 4) is 0 Å². The van der Waals surface area contributed by atoms with E-state index in [1.54, 1.807) is 0 Å². The molecule has 1 aromatic rings. The molecule has 2 rings (SSSR count). The number of rotatable bonds is 4. The summed E-state index contributed by atoms with van der Waals surface area (Å²) in [5.41, 5.74) is 2.80.